The SMILES string of the molecule is Cc1nc(C(=O)N(C(C)C)C2CCC2)nc(N2CC[C@@H](N)C2)c1C. The lowest BCUT2D eigenvalue weighted by molar-refractivity contribution is 0.0476. The molecular formula is C18H29N5O. The Kier molecular flexibility index (Phi) is 4.76. The van der Waals surface area contributed by atoms with E-state index in [1.165, 1.54) is 6.42 Å². The highest BCUT2D eigenvalue weighted by Crippen LogP contribution is 2.29. The molecule has 24 heavy (non-hydrogen) atoms. The Morgan fingerprint density at radius 3 is 2.46 bits per heavy atom. The first kappa shape index (κ1) is 17.1. The van der Waals surface area contributed by atoms with Crippen molar-refractivity contribution >= 4 is 11.7 Å². The first-order valence-electron chi connectivity index (χ1n) is 9.07. The zero-order chi connectivity index (χ0) is 17.4. The molecule has 1 amide bonds. The summed E-state index contributed by atoms with van der Waals surface area (Å²) >= 11 is 0. The lowest BCUT2D eigenvalue weighted by atomic mass is 9.90. The summed E-state index contributed by atoms with van der Waals surface area (Å²) in [5.41, 5.74) is 7.96. The maximum atomic E-state index is 13.1. The van der Waals surface area contributed by atoms with E-state index in [4.69, 9.17) is 5.73 Å². The standard InChI is InChI=1S/C18H29N5O/c1-11(2)23(15-6-5-7-15)18(24)16-20-13(4)12(3)17(21-16)22-9-8-14(19)10-22/h11,14-15H,5-10,19H2,1-4H3/t14-/m1/s1. The van der Waals surface area contributed by atoms with Gasteiger partial charge in [-0.3, -0.25) is 4.79 Å². The van der Waals surface area contributed by atoms with Crippen molar-refractivity contribution in [1.29, 1.82) is 0 Å². The Morgan fingerprint density at radius 2 is 1.96 bits per heavy atom. The number of rotatable bonds is 4. The summed E-state index contributed by atoms with van der Waals surface area (Å²) in [6, 6.07) is 0.684. The van der Waals surface area contributed by atoms with E-state index < -0.39 is 0 Å². The van der Waals surface area contributed by atoms with Crippen LogP contribution in [-0.2, 0) is 0 Å². The van der Waals surface area contributed by atoms with Crippen molar-refractivity contribution in [3.8, 4) is 0 Å². The van der Waals surface area contributed by atoms with Crippen LogP contribution < -0.4 is 10.6 Å². The van der Waals surface area contributed by atoms with E-state index in [2.05, 4.69) is 28.7 Å². The summed E-state index contributed by atoms with van der Waals surface area (Å²) in [6.45, 7) is 9.80. The van der Waals surface area contributed by atoms with Gasteiger partial charge < -0.3 is 15.5 Å². The Balaban J connectivity index is 1.92. The van der Waals surface area contributed by atoms with E-state index in [1.54, 1.807) is 0 Å². The second-order valence-electron chi connectivity index (χ2n) is 7.47. The van der Waals surface area contributed by atoms with Crippen LogP contribution in [-0.4, -0.2) is 52.0 Å². The smallest absolute Gasteiger partial charge is 0.292 e. The molecule has 0 bridgehead atoms. The monoisotopic (exact) mass is 331 g/mol. The molecule has 0 unspecified atom stereocenters. The maximum absolute atomic E-state index is 13.1. The van der Waals surface area contributed by atoms with Gasteiger partial charge in [0.15, 0.2) is 0 Å². The number of nitrogens with two attached hydrogens (primary N) is 1. The third-order valence-corrected chi connectivity index (χ3v) is 5.34. The van der Waals surface area contributed by atoms with Gasteiger partial charge >= 0.3 is 0 Å². The van der Waals surface area contributed by atoms with Gasteiger partial charge in [0, 0.05) is 42.5 Å². The quantitative estimate of drug-likeness (QED) is 0.914. The first-order valence-corrected chi connectivity index (χ1v) is 9.07. The van der Waals surface area contributed by atoms with E-state index >= 15 is 0 Å². The fourth-order valence-corrected chi connectivity index (χ4v) is 3.60. The molecule has 6 heteroatoms. The van der Waals surface area contributed by atoms with Gasteiger partial charge in [0.05, 0.1) is 0 Å². The average Bonchev–Trinajstić information content (AvgIpc) is 2.90. The Hall–Kier alpha value is -1.69. The van der Waals surface area contributed by atoms with Gasteiger partial charge in [-0.2, -0.15) is 0 Å². The van der Waals surface area contributed by atoms with Gasteiger partial charge in [-0.05, 0) is 53.4 Å². The predicted octanol–water partition coefficient (Wildman–Crippen LogP) is 2.03. The topological polar surface area (TPSA) is 75.4 Å². The Morgan fingerprint density at radius 1 is 1.25 bits per heavy atom. The molecular weight excluding hydrogens is 302 g/mol. The summed E-state index contributed by atoms with van der Waals surface area (Å²) in [6.07, 6.45) is 4.34. The van der Waals surface area contributed by atoms with Gasteiger partial charge in [-0.1, -0.05) is 0 Å². The molecule has 2 N–H and O–H groups in total. The molecule has 3 rings (SSSR count). The molecule has 6 nitrogen and oxygen atoms in total. The lowest BCUT2D eigenvalue weighted by Crippen LogP contribution is -2.48. The van der Waals surface area contributed by atoms with Gasteiger partial charge in [0.25, 0.3) is 5.91 Å². The molecule has 2 fully saturated rings. The molecule has 0 aromatic carbocycles. The summed E-state index contributed by atoms with van der Waals surface area (Å²) in [4.78, 5) is 26.4. The molecule has 1 aliphatic heterocycles. The van der Waals surface area contributed by atoms with E-state index in [1.807, 2.05) is 18.7 Å². The molecule has 1 atom stereocenters. The molecule has 1 saturated heterocycles. The van der Waals surface area contributed by atoms with Crippen LogP contribution in [0.1, 0.15) is 61.4 Å². The molecule has 0 radical (unpaired) electrons. The van der Waals surface area contributed by atoms with Crippen molar-refractivity contribution < 1.29 is 4.79 Å². The van der Waals surface area contributed by atoms with Crippen LogP contribution in [0.25, 0.3) is 0 Å². The maximum Gasteiger partial charge on any atom is 0.292 e. The van der Waals surface area contributed by atoms with E-state index in [-0.39, 0.29) is 18.0 Å². The fraction of sp³-hybridized carbons (Fsp3) is 0.722. The first-order chi connectivity index (χ1) is 11.4. The highest BCUT2D eigenvalue weighted by molar-refractivity contribution is 5.91. The number of hydrogen-bond acceptors (Lipinski definition) is 5. The third-order valence-electron chi connectivity index (χ3n) is 5.34. The molecule has 1 aromatic rings. The summed E-state index contributed by atoms with van der Waals surface area (Å²) < 4.78 is 0. The molecule has 0 spiro atoms. The van der Waals surface area contributed by atoms with Crippen LogP contribution >= 0.6 is 0 Å². The van der Waals surface area contributed by atoms with Crippen LogP contribution in [0.4, 0.5) is 5.82 Å². The number of aryl methyl sites for hydroxylation is 1. The second kappa shape index (κ2) is 6.67. The highest BCUT2D eigenvalue weighted by Gasteiger charge is 2.33. The summed E-state index contributed by atoms with van der Waals surface area (Å²) in [7, 11) is 0. The van der Waals surface area contributed by atoms with Crippen molar-refractivity contribution in [3.05, 3.63) is 17.1 Å². The Labute approximate surface area is 144 Å². The number of carbonyl (C=O) groups is 1. The minimum absolute atomic E-state index is 0.0393. The highest BCUT2D eigenvalue weighted by atomic mass is 16.2. The largest absolute Gasteiger partial charge is 0.355 e. The van der Waals surface area contributed by atoms with Crippen molar-refractivity contribution in [2.75, 3.05) is 18.0 Å². The van der Waals surface area contributed by atoms with Gasteiger partial charge in [0.2, 0.25) is 5.82 Å². The zero-order valence-corrected chi connectivity index (χ0v) is 15.2. The number of hydrogen-bond donors (Lipinski definition) is 1. The van der Waals surface area contributed by atoms with Gasteiger partial charge in [0.1, 0.15) is 5.82 Å². The molecule has 1 saturated carbocycles. The van der Waals surface area contributed by atoms with Gasteiger partial charge in [-0.15, -0.1) is 0 Å². The zero-order valence-electron chi connectivity index (χ0n) is 15.2. The van der Waals surface area contributed by atoms with E-state index in [0.29, 0.717) is 11.9 Å². The van der Waals surface area contributed by atoms with Crippen LogP contribution in [0.2, 0.25) is 0 Å². The summed E-state index contributed by atoms with van der Waals surface area (Å²) in [5.74, 6) is 1.16. The minimum atomic E-state index is -0.0393. The van der Waals surface area contributed by atoms with Crippen molar-refractivity contribution in [2.24, 2.45) is 5.73 Å². The van der Waals surface area contributed by atoms with Crippen LogP contribution in [0.15, 0.2) is 0 Å². The lowest BCUT2D eigenvalue weighted by Gasteiger charge is -2.40. The van der Waals surface area contributed by atoms with Gasteiger partial charge in [-0.25, -0.2) is 9.97 Å². The number of carbonyl (C=O) groups excluding carboxylic acids is 1. The average molecular weight is 331 g/mol. The molecule has 132 valence electrons. The fourth-order valence-electron chi connectivity index (χ4n) is 3.60. The number of aromatic nitrogens is 2. The molecule has 2 aliphatic rings. The molecule has 1 aromatic heterocycles. The summed E-state index contributed by atoms with van der Waals surface area (Å²) in [5, 5.41) is 0. The van der Waals surface area contributed by atoms with Crippen molar-refractivity contribution in [1.82, 2.24) is 14.9 Å². The van der Waals surface area contributed by atoms with Crippen LogP contribution in [0.3, 0.4) is 0 Å². The van der Waals surface area contributed by atoms with E-state index in [9.17, 15) is 4.79 Å². The normalized spacial score (nSPS) is 21.2. The molecule has 1 aliphatic carbocycles. The van der Waals surface area contributed by atoms with Crippen LogP contribution in [0, 0.1) is 13.8 Å². The van der Waals surface area contributed by atoms with Crippen molar-refractivity contribution in [3.63, 3.8) is 0 Å². The molecule has 2 heterocycles. The number of anilines is 1. The predicted molar refractivity (Wildman–Crippen MR) is 95.3 cm³/mol. The number of amides is 1. The van der Waals surface area contributed by atoms with E-state index in [0.717, 1.165) is 49.4 Å². The van der Waals surface area contributed by atoms with Crippen molar-refractivity contribution in [2.45, 2.75) is 71.5 Å². The second-order valence-corrected chi connectivity index (χ2v) is 7.47. The number of nitrogens with zero attached hydrogens (tertiary/aromatic N) is 4. The Bertz CT molecular complexity index is 626. The minimum Gasteiger partial charge on any atom is -0.355 e. The van der Waals surface area contributed by atoms with Crippen LogP contribution in [0.5, 0.6) is 0 Å². The third kappa shape index (κ3) is 3.11.